The van der Waals surface area contributed by atoms with Crippen LogP contribution in [0.1, 0.15) is 32.6 Å². The monoisotopic (exact) mass is 266 g/mol. The maximum absolute atomic E-state index is 11.0. The fourth-order valence-electron chi connectivity index (χ4n) is 2.00. The quantitative estimate of drug-likeness (QED) is 0.465. The van der Waals surface area contributed by atoms with Crippen molar-refractivity contribution in [1.29, 1.82) is 0 Å². The molecule has 0 saturated carbocycles. The minimum absolute atomic E-state index is 0.0275. The fraction of sp³-hybridized carbons (Fsp3) is 0.538. The SMILES string of the molecule is CCCCCCNc1cc2c(cc1[N+](=O)[O-])OCO2. The molecule has 0 saturated heterocycles. The summed E-state index contributed by atoms with van der Waals surface area (Å²) in [4.78, 5) is 10.6. The van der Waals surface area contributed by atoms with E-state index in [1.165, 1.54) is 18.9 Å². The Bertz CT molecular complexity index is 462. The van der Waals surface area contributed by atoms with Gasteiger partial charge in [0.15, 0.2) is 11.5 Å². The van der Waals surface area contributed by atoms with E-state index in [9.17, 15) is 10.1 Å². The van der Waals surface area contributed by atoms with Gasteiger partial charge in [-0.25, -0.2) is 0 Å². The molecule has 0 aromatic heterocycles. The van der Waals surface area contributed by atoms with Crippen LogP contribution >= 0.6 is 0 Å². The first kappa shape index (κ1) is 13.5. The molecule has 0 amide bonds. The largest absolute Gasteiger partial charge is 0.454 e. The Morgan fingerprint density at radius 2 is 2.00 bits per heavy atom. The van der Waals surface area contributed by atoms with Crippen LogP contribution < -0.4 is 14.8 Å². The molecule has 1 aliphatic heterocycles. The lowest BCUT2D eigenvalue weighted by Crippen LogP contribution is -2.04. The third kappa shape index (κ3) is 3.27. The van der Waals surface area contributed by atoms with Gasteiger partial charge in [0.1, 0.15) is 5.69 Å². The summed E-state index contributed by atoms with van der Waals surface area (Å²) in [6.07, 6.45) is 4.48. The van der Waals surface area contributed by atoms with Gasteiger partial charge in [-0.3, -0.25) is 10.1 Å². The molecule has 0 radical (unpaired) electrons. The number of unbranched alkanes of at least 4 members (excludes halogenated alkanes) is 3. The van der Waals surface area contributed by atoms with Crippen molar-refractivity contribution in [2.24, 2.45) is 0 Å². The lowest BCUT2D eigenvalue weighted by Gasteiger charge is -2.08. The van der Waals surface area contributed by atoms with Crippen LogP contribution in [-0.4, -0.2) is 18.3 Å². The molecule has 0 atom stereocenters. The van der Waals surface area contributed by atoms with Gasteiger partial charge in [-0.05, 0) is 6.42 Å². The number of anilines is 1. The topological polar surface area (TPSA) is 73.6 Å². The number of fused-ring (bicyclic) bond motifs is 1. The van der Waals surface area contributed by atoms with Crippen molar-refractivity contribution in [2.75, 3.05) is 18.7 Å². The molecule has 1 heterocycles. The second kappa shape index (κ2) is 6.26. The number of nitro benzene ring substituents is 1. The van der Waals surface area contributed by atoms with Gasteiger partial charge in [0.05, 0.1) is 11.0 Å². The standard InChI is InChI=1S/C13H18N2O4/c1-2-3-4-5-6-14-10-7-12-13(19-9-18-12)8-11(10)15(16)17/h7-8,14H,2-6,9H2,1H3. The summed E-state index contributed by atoms with van der Waals surface area (Å²) in [7, 11) is 0. The number of nitrogens with one attached hydrogen (secondary N) is 1. The zero-order valence-corrected chi connectivity index (χ0v) is 11.0. The van der Waals surface area contributed by atoms with E-state index < -0.39 is 4.92 Å². The van der Waals surface area contributed by atoms with Crippen LogP contribution in [0.2, 0.25) is 0 Å². The third-order valence-corrected chi connectivity index (χ3v) is 3.03. The van der Waals surface area contributed by atoms with Gasteiger partial charge in [0.2, 0.25) is 6.79 Å². The Morgan fingerprint density at radius 1 is 1.26 bits per heavy atom. The lowest BCUT2D eigenvalue weighted by atomic mass is 10.2. The van der Waals surface area contributed by atoms with E-state index in [0.29, 0.717) is 17.2 Å². The molecule has 6 nitrogen and oxygen atoms in total. The van der Waals surface area contributed by atoms with Gasteiger partial charge < -0.3 is 14.8 Å². The van der Waals surface area contributed by atoms with Crippen molar-refractivity contribution in [2.45, 2.75) is 32.6 Å². The van der Waals surface area contributed by atoms with Gasteiger partial charge in [0, 0.05) is 12.6 Å². The van der Waals surface area contributed by atoms with Gasteiger partial charge in [-0.2, -0.15) is 0 Å². The highest BCUT2D eigenvalue weighted by Gasteiger charge is 2.22. The predicted octanol–water partition coefficient (Wildman–Crippen LogP) is 3.32. The number of benzene rings is 1. The average molecular weight is 266 g/mol. The first-order valence-corrected chi connectivity index (χ1v) is 6.54. The molecular weight excluding hydrogens is 248 g/mol. The second-order valence-corrected chi connectivity index (χ2v) is 4.47. The Balaban J connectivity index is 2.03. The highest BCUT2D eigenvalue weighted by Crippen LogP contribution is 2.40. The molecule has 0 aliphatic carbocycles. The summed E-state index contributed by atoms with van der Waals surface area (Å²) in [5.74, 6) is 0.991. The molecule has 0 spiro atoms. The molecule has 1 aromatic rings. The number of rotatable bonds is 7. The summed E-state index contributed by atoms with van der Waals surface area (Å²) in [6.45, 7) is 2.99. The summed E-state index contributed by atoms with van der Waals surface area (Å²) in [5, 5.41) is 14.1. The maximum Gasteiger partial charge on any atom is 0.296 e. The number of nitrogens with zero attached hydrogens (tertiary/aromatic N) is 1. The number of nitro groups is 1. The zero-order chi connectivity index (χ0) is 13.7. The van der Waals surface area contributed by atoms with Gasteiger partial charge in [0.25, 0.3) is 5.69 Å². The van der Waals surface area contributed by atoms with Crippen molar-refractivity contribution in [1.82, 2.24) is 0 Å². The molecule has 0 unspecified atom stereocenters. The van der Waals surface area contributed by atoms with E-state index in [4.69, 9.17) is 9.47 Å². The Hall–Kier alpha value is -1.98. The van der Waals surface area contributed by atoms with Crippen molar-refractivity contribution < 1.29 is 14.4 Å². The zero-order valence-electron chi connectivity index (χ0n) is 11.0. The normalized spacial score (nSPS) is 12.5. The molecule has 1 aromatic carbocycles. The fourth-order valence-corrected chi connectivity index (χ4v) is 2.00. The highest BCUT2D eigenvalue weighted by molar-refractivity contribution is 5.68. The molecule has 1 aliphatic rings. The number of ether oxygens (including phenoxy) is 2. The van der Waals surface area contributed by atoms with E-state index in [2.05, 4.69) is 12.2 Å². The summed E-state index contributed by atoms with van der Waals surface area (Å²) in [6, 6.07) is 3.05. The van der Waals surface area contributed by atoms with Crippen molar-refractivity contribution in [3.8, 4) is 11.5 Å². The van der Waals surface area contributed by atoms with E-state index in [0.717, 1.165) is 19.4 Å². The predicted molar refractivity (Wildman–Crippen MR) is 71.9 cm³/mol. The highest BCUT2D eigenvalue weighted by atomic mass is 16.7. The first-order valence-electron chi connectivity index (χ1n) is 6.54. The molecular formula is C13H18N2O4. The number of hydrogen-bond acceptors (Lipinski definition) is 5. The van der Waals surface area contributed by atoms with Crippen LogP contribution in [0, 0.1) is 10.1 Å². The second-order valence-electron chi connectivity index (χ2n) is 4.47. The smallest absolute Gasteiger partial charge is 0.296 e. The molecule has 0 bridgehead atoms. The molecule has 2 rings (SSSR count). The average Bonchev–Trinajstić information content (AvgIpc) is 2.84. The van der Waals surface area contributed by atoms with Gasteiger partial charge >= 0.3 is 0 Å². The van der Waals surface area contributed by atoms with Crippen LogP contribution in [0.4, 0.5) is 11.4 Å². The molecule has 19 heavy (non-hydrogen) atoms. The Labute approximate surface area is 111 Å². The van der Waals surface area contributed by atoms with Crippen molar-refractivity contribution in [3.05, 3.63) is 22.2 Å². The summed E-state index contributed by atoms with van der Waals surface area (Å²) >= 11 is 0. The van der Waals surface area contributed by atoms with Crippen LogP contribution in [0.15, 0.2) is 12.1 Å². The lowest BCUT2D eigenvalue weighted by molar-refractivity contribution is -0.384. The van der Waals surface area contributed by atoms with Crippen molar-refractivity contribution in [3.63, 3.8) is 0 Å². The third-order valence-electron chi connectivity index (χ3n) is 3.03. The molecule has 6 heteroatoms. The maximum atomic E-state index is 11.0. The number of hydrogen-bond donors (Lipinski definition) is 1. The van der Waals surface area contributed by atoms with Crippen LogP contribution in [0.25, 0.3) is 0 Å². The first-order chi connectivity index (χ1) is 9.22. The van der Waals surface area contributed by atoms with E-state index in [-0.39, 0.29) is 12.5 Å². The Kier molecular flexibility index (Phi) is 4.43. The van der Waals surface area contributed by atoms with Gasteiger partial charge in [-0.1, -0.05) is 26.2 Å². The summed E-state index contributed by atoms with van der Waals surface area (Å²) < 4.78 is 10.4. The van der Waals surface area contributed by atoms with Crippen LogP contribution in [0.3, 0.4) is 0 Å². The minimum Gasteiger partial charge on any atom is -0.454 e. The van der Waals surface area contributed by atoms with Gasteiger partial charge in [-0.15, -0.1) is 0 Å². The van der Waals surface area contributed by atoms with Crippen molar-refractivity contribution >= 4 is 11.4 Å². The summed E-state index contributed by atoms with van der Waals surface area (Å²) in [5.41, 5.74) is 0.519. The van der Waals surface area contributed by atoms with Crippen LogP contribution in [0.5, 0.6) is 11.5 Å². The van der Waals surface area contributed by atoms with E-state index >= 15 is 0 Å². The van der Waals surface area contributed by atoms with E-state index in [1.54, 1.807) is 6.07 Å². The molecule has 1 N–H and O–H groups in total. The van der Waals surface area contributed by atoms with Crippen LogP contribution in [-0.2, 0) is 0 Å². The minimum atomic E-state index is -0.406. The Morgan fingerprint density at radius 3 is 2.68 bits per heavy atom. The molecule has 104 valence electrons. The molecule has 0 fully saturated rings. The van der Waals surface area contributed by atoms with E-state index in [1.807, 2.05) is 0 Å².